The Morgan fingerprint density at radius 3 is 2.54 bits per heavy atom. The van der Waals surface area contributed by atoms with Crippen molar-refractivity contribution >= 4 is 40.6 Å². The molecule has 0 bridgehead atoms. The molecule has 2 atom stereocenters. The molecule has 28 heavy (non-hydrogen) atoms. The third-order valence-electron chi connectivity index (χ3n) is 4.78. The van der Waals surface area contributed by atoms with Gasteiger partial charge in [-0.3, -0.25) is 4.98 Å². The van der Waals surface area contributed by atoms with E-state index in [0.717, 1.165) is 11.1 Å². The van der Waals surface area contributed by atoms with Crippen molar-refractivity contribution in [3.63, 3.8) is 0 Å². The lowest BCUT2D eigenvalue weighted by atomic mass is 9.86. The fraction of sp³-hybridized carbons (Fsp3) is 0.136. The highest BCUT2D eigenvalue weighted by Crippen LogP contribution is 2.47. The Morgan fingerprint density at radius 1 is 1.00 bits per heavy atom. The largest absolute Gasteiger partial charge is 0.492 e. The van der Waals surface area contributed by atoms with E-state index in [2.05, 4.69) is 4.98 Å². The molecule has 1 aromatic heterocycles. The minimum Gasteiger partial charge on any atom is -0.492 e. The Bertz CT molecular complexity index is 1040. The molecule has 4 rings (SSSR count). The molecule has 2 heterocycles. The number of hydrogen-bond donors (Lipinski definition) is 1. The van der Waals surface area contributed by atoms with Crippen molar-refractivity contribution in [2.45, 2.75) is 12.0 Å². The van der Waals surface area contributed by atoms with Gasteiger partial charge in [-0.2, -0.15) is 0 Å². The van der Waals surface area contributed by atoms with Gasteiger partial charge in [0.2, 0.25) is 0 Å². The zero-order chi connectivity index (χ0) is 19.7. The van der Waals surface area contributed by atoms with E-state index in [1.165, 1.54) is 0 Å². The van der Waals surface area contributed by atoms with Gasteiger partial charge in [0.1, 0.15) is 11.9 Å². The molecule has 0 spiro atoms. The molecule has 0 radical (unpaired) electrons. The molecule has 0 amide bonds. The average molecular weight is 433 g/mol. The van der Waals surface area contributed by atoms with Gasteiger partial charge in [0.15, 0.2) is 0 Å². The van der Waals surface area contributed by atoms with Gasteiger partial charge in [0, 0.05) is 45.1 Å². The third kappa shape index (κ3) is 3.63. The number of pyridine rings is 1. The van der Waals surface area contributed by atoms with Gasteiger partial charge in [0.05, 0.1) is 11.6 Å². The van der Waals surface area contributed by atoms with E-state index in [4.69, 9.17) is 39.5 Å². The highest BCUT2D eigenvalue weighted by atomic mass is 35.5. The number of hydrogen-bond acceptors (Lipinski definition) is 3. The first kappa shape index (κ1) is 19.3. The molecule has 142 valence electrons. The summed E-state index contributed by atoms with van der Waals surface area (Å²) in [5.41, 5.74) is 2.94. The monoisotopic (exact) mass is 431 g/mol. The Kier molecular flexibility index (Phi) is 5.61. The second-order valence-electron chi connectivity index (χ2n) is 6.48. The van der Waals surface area contributed by atoms with E-state index in [1.807, 2.05) is 30.3 Å². The van der Waals surface area contributed by atoms with Crippen LogP contribution in [0, 0.1) is 0 Å². The molecule has 0 saturated carbocycles. The second kappa shape index (κ2) is 8.14. The number of benzene rings is 2. The predicted octanol–water partition coefficient (Wildman–Crippen LogP) is 6.30. The molecule has 1 N–H and O–H groups in total. The van der Waals surface area contributed by atoms with Crippen LogP contribution in [0.3, 0.4) is 0 Å². The molecular weight excluding hydrogens is 417 g/mol. The fourth-order valence-electron chi connectivity index (χ4n) is 3.45. The Labute approximate surface area is 178 Å². The van der Waals surface area contributed by atoms with Crippen LogP contribution in [-0.2, 0) is 4.74 Å². The third-order valence-corrected chi connectivity index (χ3v) is 5.68. The van der Waals surface area contributed by atoms with Gasteiger partial charge in [0.25, 0.3) is 0 Å². The molecule has 0 fully saturated rings. The molecule has 3 aromatic rings. The van der Waals surface area contributed by atoms with E-state index in [9.17, 15) is 5.11 Å². The molecule has 2 aromatic carbocycles. The number of halogens is 3. The molecule has 1 aliphatic heterocycles. The van der Waals surface area contributed by atoms with Crippen LogP contribution in [0.4, 0.5) is 0 Å². The van der Waals surface area contributed by atoms with Gasteiger partial charge >= 0.3 is 0 Å². The van der Waals surface area contributed by atoms with Crippen LogP contribution in [-0.4, -0.2) is 16.7 Å². The summed E-state index contributed by atoms with van der Waals surface area (Å²) in [4.78, 5) is 4.13. The Morgan fingerprint density at radius 2 is 1.82 bits per heavy atom. The molecule has 6 heteroatoms. The summed E-state index contributed by atoms with van der Waals surface area (Å²) in [6.45, 7) is 0.342. The maximum absolute atomic E-state index is 11.2. The smallest absolute Gasteiger partial charge is 0.130 e. The SMILES string of the molecule is OC(C1=C(c2ccccc2Cl)OCC1c1ccc(Cl)cc1Cl)c1cccnc1. The minimum absolute atomic E-state index is 0.244. The van der Waals surface area contributed by atoms with Crippen molar-refractivity contribution in [3.8, 4) is 0 Å². The summed E-state index contributed by atoms with van der Waals surface area (Å²) in [5, 5.41) is 12.9. The lowest BCUT2D eigenvalue weighted by molar-refractivity contribution is 0.209. The first-order valence-corrected chi connectivity index (χ1v) is 9.84. The molecular formula is C22H16Cl3NO2. The highest BCUT2D eigenvalue weighted by Gasteiger charge is 2.36. The van der Waals surface area contributed by atoms with E-state index >= 15 is 0 Å². The molecule has 3 nitrogen and oxygen atoms in total. The standard InChI is InChI=1S/C22H16Cl3NO2/c23-14-7-8-15(19(25)10-14)17-12-28-22(16-5-1-2-6-18(16)24)20(17)21(27)13-4-3-9-26-11-13/h1-11,17,21,27H,12H2. The van der Waals surface area contributed by atoms with Gasteiger partial charge in [-0.05, 0) is 35.9 Å². The molecule has 0 saturated heterocycles. The first-order valence-electron chi connectivity index (χ1n) is 8.71. The summed E-state index contributed by atoms with van der Waals surface area (Å²) >= 11 is 18.9. The van der Waals surface area contributed by atoms with Crippen molar-refractivity contribution in [3.05, 3.63) is 104 Å². The van der Waals surface area contributed by atoms with Crippen LogP contribution in [0.5, 0.6) is 0 Å². The van der Waals surface area contributed by atoms with Gasteiger partial charge in [-0.25, -0.2) is 0 Å². The van der Waals surface area contributed by atoms with Crippen LogP contribution in [0.15, 0.2) is 72.6 Å². The van der Waals surface area contributed by atoms with E-state index < -0.39 is 6.10 Å². The van der Waals surface area contributed by atoms with Crippen LogP contribution in [0.1, 0.15) is 28.7 Å². The summed E-state index contributed by atoms with van der Waals surface area (Å²) in [6.07, 6.45) is 2.39. The highest BCUT2D eigenvalue weighted by molar-refractivity contribution is 6.35. The zero-order valence-corrected chi connectivity index (χ0v) is 16.9. The quantitative estimate of drug-likeness (QED) is 0.526. The normalized spacial score (nSPS) is 17.5. The number of aliphatic hydroxyl groups is 1. The van der Waals surface area contributed by atoms with Crippen molar-refractivity contribution in [1.82, 2.24) is 4.98 Å². The van der Waals surface area contributed by atoms with E-state index in [0.29, 0.717) is 38.6 Å². The second-order valence-corrected chi connectivity index (χ2v) is 7.73. The maximum atomic E-state index is 11.2. The van der Waals surface area contributed by atoms with Crippen LogP contribution in [0.25, 0.3) is 5.76 Å². The number of rotatable bonds is 4. The number of aromatic nitrogens is 1. The molecule has 0 aliphatic carbocycles. The zero-order valence-electron chi connectivity index (χ0n) is 14.6. The van der Waals surface area contributed by atoms with Gasteiger partial charge < -0.3 is 9.84 Å². The average Bonchev–Trinajstić information content (AvgIpc) is 3.13. The van der Waals surface area contributed by atoms with Gasteiger partial charge in [-0.15, -0.1) is 0 Å². The summed E-state index contributed by atoms with van der Waals surface area (Å²) in [5.74, 6) is 0.323. The number of ether oxygens (including phenoxy) is 1. The summed E-state index contributed by atoms with van der Waals surface area (Å²) in [6, 6.07) is 16.4. The molecule has 2 unspecified atom stereocenters. The Hall–Kier alpha value is -2.04. The molecule has 1 aliphatic rings. The van der Waals surface area contributed by atoms with Crippen molar-refractivity contribution in [2.24, 2.45) is 0 Å². The van der Waals surface area contributed by atoms with Crippen LogP contribution >= 0.6 is 34.8 Å². The lowest BCUT2D eigenvalue weighted by Crippen LogP contribution is -2.11. The van der Waals surface area contributed by atoms with Crippen molar-refractivity contribution < 1.29 is 9.84 Å². The lowest BCUT2D eigenvalue weighted by Gasteiger charge is -2.20. The van der Waals surface area contributed by atoms with E-state index in [1.54, 1.807) is 36.7 Å². The van der Waals surface area contributed by atoms with Gasteiger partial charge in [-0.1, -0.05) is 59.1 Å². The predicted molar refractivity (Wildman–Crippen MR) is 113 cm³/mol. The van der Waals surface area contributed by atoms with Crippen LogP contribution in [0.2, 0.25) is 15.1 Å². The summed E-state index contributed by atoms with van der Waals surface area (Å²) in [7, 11) is 0. The summed E-state index contributed by atoms with van der Waals surface area (Å²) < 4.78 is 6.05. The number of aliphatic hydroxyl groups excluding tert-OH is 1. The Balaban J connectivity index is 1.89. The van der Waals surface area contributed by atoms with Crippen LogP contribution < -0.4 is 0 Å². The topological polar surface area (TPSA) is 42.4 Å². The number of nitrogens with zero attached hydrogens (tertiary/aromatic N) is 1. The van der Waals surface area contributed by atoms with Crippen molar-refractivity contribution in [2.75, 3.05) is 6.61 Å². The van der Waals surface area contributed by atoms with E-state index in [-0.39, 0.29) is 5.92 Å². The fourth-order valence-corrected chi connectivity index (χ4v) is 4.21. The first-order chi connectivity index (χ1) is 13.6. The van der Waals surface area contributed by atoms with Crippen molar-refractivity contribution in [1.29, 1.82) is 0 Å². The minimum atomic E-state index is -0.917. The maximum Gasteiger partial charge on any atom is 0.130 e.